The van der Waals surface area contributed by atoms with Crippen LogP contribution in [0.5, 0.6) is 11.5 Å². The molecule has 2 aromatic heterocycles. The lowest BCUT2D eigenvalue weighted by molar-refractivity contribution is -0.124. The van der Waals surface area contributed by atoms with Crippen molar-refractivity contribution in [1.82, 2.24) is 15.8 Å². The number of benzene rings is 2. The molecule has 0 saturated carbocycles. The van der Waals surface area contributed by atoms with Gasteiger partial charge in [-0.3, -0.25) is 15.0 Å². The lowest BCUT2D eigenvalue weighted by atomic mass is 9.92. The number of halogens is 1. The molecule has 1 unspecified atom stereocenters. The highest BCUT2D eigenvalue weighted by Gasteiger charge is 2.43. The average molecular weight is 755 g/mol. The van der Waals surface area contributed by atoms with Crippen molar-refractivity contribution < 1.29 is 42.2 Å². The average Bonchev–Trinajstić information content (AvgIpc) is 3.73. The number of hydrogen-bond donors (Lipinski definition) is 3. The molecule has 3 amide bonds. The van der Waals surface area contributed by atoms with Gasteiger partial charge >= 0.3 is 12.1 Å². The molecule has 280 valence electrons. The van der Waals surface area contributed by atoms with E-state index in [0.717, 1.165) is 5.56 Å². The van der Waals surface area contributed by atoms with Crippen LogP contribution in [0.15, 0.2) is 34.7 Å². The number of aromatic amines is 1. The summed E-state index contributed by atoms with van der Waals surface area (Å²) in [5.41, 5.74) is 7.08. The van der Waals surface area contributed by atoms with E-state index >= 15 is 0 Å². The number of amides is 3. The number of carbonyl (C=O) groups is 4. The molecule has 5 rings (SSSR count). The van der Waals surface area contributed by atoms with Gasteiger partial charge in [0.2, 0.25) is 0 Å². The van der Waals surface area contributed by atoms with Crippen LogP contribution < -0.4 is 24.9 Å². The standard InChI is InChI=1S/C37H47ClN4O9Si/c1-19(38)23-17-42(24-16-26(51-52(10,11)37(6,7)8)32-31(30(23)24)29(20(2)39-32)34(45)47-9)33(44)27-15-21-14-22(12-13-25(21)49-27)48-18-28(43)40-41-35(46)50-36(3,4)5/h12-16,19,23,39H,17-18H2,1-11H3,(H,40,43)(H,41,46)/t19?,23-/m0/s1. The number of nitrogens with zero attached hydrogens (tertiary/aromatic N) is 1. The monoisotopic (exact) mass is 754 g/mol. The van der Waals surface area contributed by atoms with Crippen LogP contribution in [-0.4, -0.2) is 68.4 Å². The van der Waals surface area contributed by atoms with Crippen LogP contribution in [0.25, 0.3) is 21.9 Å². The number of carbonyl (C=O) groups excluding carboxylic acids is 4. The lowest BCUT2D eigenvalue weighted by Gasteiger charge is -2.36. The first kappa shape index (κ1) is 38.5. The predicted molar refractivity (Wildman–Crippen MR) is 201 cm³/mol. The molecule has 2 aromatic carbocycles. The highest BCUT2D eigenvalue weighted by molar-refractivity contribution is 6.74. The van der Waals surface area contributed by atoms with Crippen LogP contribution in [0, 0.1) is 6.92 Å². The number of alkyl halides is 1. The second-order valence-corrected chi connectivity index (χ2v) is 20.9. The first-order valence-electron chi connectivity index (χ1n) is 17.0. The Morgan fingerprint density at radius 2 is 1.77 bits per heavy atom. The molecule has 13 nitrogen and oxygen atoms in total. The Kier molecular flexibility index (Phi) is 10.4. The molecule has 4 aromatic rings. The zero-order chi connectivity index (χ0) is 38.5. The van der Waals surface area contributed by atoms with Crippen molar-refractivity contribution in [2.45, 2.75) is 90.4 Å². The summed E-state index contributed by atoms with van der Waals surface area (Å²) >= 11 is 6.82. The fourth-order valence-electron chi connectivity index (χ4n) is 5.86. The predicted octanol–water partition coefficient (Wildman–Crippen LogP) is 7.70. The van der Waals surface area contributed by atoms with Gasteiger partial charge in [0.05, 0.1) is 23.9 Å². The van der Waals surface area contributed by atoms with Crippen molar-refractivity contribution in [1.29, 1.82) is 0 Å². The topological polar surface area (TPSA) is 161 Å². The fraction of sp³-hybridized carbons (Fsp3) is 0.459. The minimum atomic E-state index is -2.40. The Labute approximate surface area is 308 Å². The maximum absolute atomic E-state index is 14.4. The molecule has 1 aliphatic heterocycles. The van der Waals surface area contributed by atoms with E-state index in [9.17, 15) is 19.2 Å². The molecule has 15 heteroatoms. The fourth-order valence-corrected chi connectivity index (χ4v) is 7.08. The zero-order valence-corrected chi connectivity index (χ0v) is 33.2. The minimum Gasteiger partial charge on any atom is -0.542 e. The Morgan fingerprint density at radius 3 is 2.38 bits per heavy atom. The molecule has 0 bridgehead atoms. The van der Waals surface area contributed by atoms with Crippen LogP contribution in [-0.2, 0) is 14.3 Å². The molecule has 0 fully saturated rings. The smallest absolute Gasteiger partial charge is 0.426 e. The van der Waals surface area contributed by atoms with Gasteiger partial charge in [0.1, 0.15) is 22.7 Å². The van der Waals surface area contributed by atoms with Crippen LogP contribution in [0.3, 0.4) is 0 Å². The van der Waals surface area contributed by atoms with Crippen LogP contribution >= 0.6 is 11.6 Å². The molecule has 3 N–H and O–H groups in total. The Bertz CT molecular complexity index is 2060. The maximum atomic E-state index is 14.4. The third kappa shape index (κ3) is 7.72. The Morgan fingerprint density at radius 1 is 1.08 bits per heavy atom. The van der Waals surface area contributed by atoms with Crippen LogP contribution in [0.4, 0.5) is 10.5 Å². The lowest BCUT2D eigenvalue weighted by Crippen LogP contribution is -2.45. The third-order valence-corrected chi connectivity index (χ3v) is 14.1. The van der Waals surface area contributed by atoms with Crippen molar-refractivity contribution in [3.8, 4) is 11.5 Å². The van der Waals surface area contributed by atoms with E-state index in [1.807, 2.05) is 19.9 Å². The number of nitrogens with one attached hydrogen (secondary N) is 3. The zero-order valence-electron chi connectivity index (χ0n) is 31.5. The van der Waals surface area contributed by atoms with E-state index in [4.69, 9.17) is 34.7 Å². The summed E-state index contributed by atoms with van der Waals surface area (Å²) in [5, 5.41) is 0.659. The number of ether oxygens (including phenoxy) is 3. The number of aromatic nitrogens is 1. The number of esters is 1. The first-order chi connectivity index (χ1) is 24.1. The van der Waals surface area contributed by atoms with Gasteiger partial charge in [0, 0.05) is 40.4 Å². The molecule has 0 saturated heterocycles. The van der Waals surface area contributed by atoms with Crippen molar-refractivity contribution in [3.63, 3.8) is 0 Å². The molecule has 0 aliphatic carbocycles. The quantitative estimate of drug-likeness (QED) is 0.0709. The van der Waals surface area contributed by atoms with Crippen LogP contribution in [0.2, 0.25) is 18.1 Å². The number of fused-ring (bicyclic) bond motifs is 4. The Hall–Kier alpha value is -4.69. The highest BCUT2D eigenvalue weighted by Crippen LogP contribution is 2.50. The Balaban J connectivity index is 1.48. The number of aryl methyl sites for hydroxylation is 1. The number of rotatable bonds is 8. The molecular formula is C37H47ClN4O9Si. The van der Waals surface area contributed by atoms with Crippen molar-refractivity contribution in [2.75, 3.05) is 25.2 Å². The van der Waals surface area contributed by atoms with E-state index in [0.29, 0.717) is 50.3 Å². The number of methoxy groups -OCH3 is 1. The largest absolute Gasteiger partial charge is 0.542 e. The summed E-state index contributed by atoms with van der Waals surface area (Å²) in [5.74, 6) is -0.894. The SMILES string of the molecule is COC(=O)c1c(C)[nH]c2c(O[Si](C)(C)C(C)(C)C)cc3c(c12)[C@H](C(C)Cl)CN3C(=O)c1cc2cc(OCC(=O)NNC(=O)OC(C)(C)C)ccc2o1. The van der Waals surface area contributed by atoms with E-state index in [1.165, 1.54) is 7.11 Å². The van der Waals surface area contributed by atoms with E-state index in [1.54, 1.807) is 49.9 Å². The summed E-state index contributed by atoms with van der Waals surface area (Å²) in [6, 6.07) is 8.36. The van der Waals surface area contributed by atoms with Crippen molar-refractivity contribution >= 4 is 71.4 Å². The molecular weight excluding hydrogens is 708 g/mol. The van der Waals surface area contributed by atoms with Gasteiger partial charge in [-0.05, 0) is 82.6 Å². The van der Waals surface area contributed by atoms with Gasteiger partial charge in [0.25, 0.3) is 20.1 Å². The van der Waals surface area contributed by atoms with Gasteiger partial charge in [-0.1, -0.05) is 20.8 Å². The summed E-state index contributed by atoms with van der Waals surface area (Å²) in [6.45, 7) is 19.3. The van der Waals surface area contributed by atoms with Gasteiger partial charge in [0.15, 0.2) is 12.4 Å². The van der Waals surface area contributed by atoms with Gasteiger partial charge in [-0.15, -0.1) is 11.6 Å². The van der Waals surface area contributed by atoms with E-state index in [2.05, 4.69) is 49.7 Å². The highest BCUT2D eigenvalue weighted by atomic mass is 35.5. The third-order valence-electron chi connectivity index (χ3n) is 9.42. The second kappa shape index (κ2) is 14.0. The van der Waals surface area contributed by atoms with E-state index in [-0.39, 0.29) is 23.3 Å². The molecule has 0 radical (unpaired) electrons. The van der Waals surface area contributed by atoms with E-state index < -0.39 is 49.8 Å². The van der Waals surface area contributed by atoms with Crippen molar-refractivity contribution in [2.24, 2.45) is 0 Å². The second-order valence-electron chi connectivity index (χ2n) is 15.5. The maximum Gasteiger partial charge on any atom is 0.426 e. The van der Waals surface area contributed by atoms with Gasteiger partial charge < -0.3 is 32.9 Å². The normalized spacial score (nSPS) is 15.3. The molecule has 3 heterocycles. The van der Waals surface area contributed by atoms with Crippen molar-refractivity contribution in [3.05, 3.63) is 52.9 Å². The summed E-state index contributed by atoms with van der Waals surface area (Å²) in [4.78, 5) is 56.7. The van der Waals surface area contributed by atoms with Crippen LogP contribution in [0.1, 0.15) is 86.6 Å². The number of anilines is 1. The number of furan rings is 1. The first-order valence-corrected chi connectivity index (χ1v) is 20.3. The molecule has 2 atom stereocenters. The van der Waals surface area contributed by atoms with Gasteiger partial charge in [-0.2, -0.15) is 0 Å². The summed E-state index contributed by atoms with van der Waals surface area (Å²) in [6.07, 6.45) is -0.804. The molecule has 52 heavy (non-hydrogen) atoms. The molecule has 0 spiro atoms. The summed E-state index contributed by atoms with van der Waals surface area (Å²) < 4.78 is 28.8. The number of hydrazine groups is 1. The molecule has 1 aliphatic rings. The minimum absolute atomic E-state index is 0.0747. The van der Waals surface area contributed by atoms with Gasteiger partial charge in [-0.25, -0.2) is 15.0 Å². The summed E-state index contributed by atoms with van der Waals surface area (Å²) in [7, 11) is -1.06. The number of hydrogen-bond acceptors (Lipinski definition) is 9. The number of H-pyrrole nitrogens is 1.